The maximum absolute atomic E-state index is 9.34. The van der Waals surface area contributed by atoms with Crippen LogP contribution in [0.2, 0.25) is 0 Å². The molecule has 0 bridgehead atoms. The Kier molecular flexibility index (Phi) is 4.78. The molecule has 2 N–H and O–H groups in total. The molecular weight excluding hydrogens is 186 g/mol. The maximum Gasteiger partial charge on any atom is 0.0572 e. The van der Waals surface area contributed by atoms with Gasteiger partial charge in [-0.05, 0) is 24.0 Å². The molecule has 0 aliphatic heterocycles. The number of rotatable bonds is 5. The van der Waals surface area contributed by atoms with Gasteiger partial charge in [0, 0.05) is 6.21 Å². The number of nitrogens with one attached hydrogen (secondary N) is 1. The molecule has 0 aromatic heterocycles. The summed E-state index contributed by atoms with van der Waals surface area (Å²) in [5.41, 5.74) is 2.00. The number of aliphatic hydroxyl groups is 1. The van der Waals surface area contributed by atoms with Crippen LogP contribution in [0.15, 0.2) is 30.3 Å². The average Bonchev–Trinajstić information content (AvgIpc) is 2.29. The van der Waals surface area contributed by atoms with Crippen molar-refractivity contribution >= 4 is 12.3 Å². The normalized spacial score (nSPS) is 12.9. The molecule has 0 fully saturated rings. The van der Waals surface area contributed by atoms with Gasteiger partial charge < -0.3 is 10.5 Å². The molecule has 0 saturated heterocycles. The van der Waals surface area contributed by atoms with Crippen LogP contribution in [0.25, 0.3) is 6.08 Å². The van der Waals surface area contributed by atoms with E-state index in [9.17, 15) is 5.11 Å². The molecule has 0 amide bonds. The third-order valence-corrected chi connectivity index (χ3v) is 2.29. The highest BCUT2D eigenvalue weighted by atomic mass is 16.3. The minimum absolute atomic E-state index is 0.234. The number of hydrogen-bond donors (Lipinski definition) is 2. The van der Waals surface area contributed by atoms with Crippen LogP contribution >= 0.6 is 0 Å². The van der Waals surface area contributed by atoms with Crippen molar-refractivity contribution in [2.75, 3.05) is 0 Å². The van der Waals surface area contributed by atoms with Crippen LogP contribution in [0.4, 0.5) is 0 Å². The summed E-state index contributed by atoms with van der Waals surface area (Å²) in [6.07, 6.45) is 6.55. The van der Waals surface area contributed by atoms with E-state index in [4.69, 9.17) is 5.41 Å². The first-order chi connectivity index (χ1) is 7.26. The van der Waals surface area contributed by atoms with E-state index in [1.54, 1.807) is 0 Å². The van der Waals surface area contributed by atoms with Crippen molar-refractivity contribution in [1.29, 1.82) is 5.41 Å². The summed E-state index contributed by atoms with van der Waals surface area (Å²) in [4.78, 5) is 0. The Hall–Kier alpha value is -1.41. The second-order valence-corrected chi connectivity index (χ2v) is 3.51. The summed E-state index contributed by atoms with van der Waals surface area (Å²) in [6, 6.07) is 7.75. The Balaban J connectivity index is 2.53. The Bertz CT molecular complexity index is 327. The van der Waals surface area contributed by atoms with E-state index in [0.29, 0.717) is 6.42 Å². The first-order valence-electron chi connectivity index (χ1n) is 5.21. The van der Waals surface area contributed by atoms with Gasteiger partial charge >= 0.3 is 0 Å². The number of hydrogen-bond acceptors (Lipinski definition) is 2. The van der Waals surface area contributed by atoms with Crippen LogP contribution in [-0.2, 0) is 0 Å². The zero-order valence-electron chi connectivity index (χ0n) is 8.98. The molecule has 1 unspecified atom stereocenters. The molecule has 1 aromatic rings. The first-order valence-corrected chi connectivity index (χ1v) is 5.21. The smallest absolute Gasteiger partial charge is 0.0572 e. The molecule has 0 radical (unpaired) electrons. The number of benzene rings is 1. The Morgan fingerprint density at radius 2 is 1.87 bits per heavy atom. The van der Waals surface area contributed by atoms with Crippen molar-refractivity contribution in [2.24, 2.45) is 0 Å². The van der Waals surface area contributed by atoms with Gasteiger partial charge in [0.2, 0.25) is 0 Å². The van der Waals surface area contributed by atoms with E-state index in [2.05, 4.69) is 0 Å². The Morgan fingerprint density at radius 1 is 1.27 bits per heavy atom. The fourth-order valence-electron chi connectivity index (χ4n) is 1.23. The molecule has 80 valence electrons. The quantitative estimate of drug-likeness (QED) is 0.710. The van der Waals surface area contributed by atoms with Gasteiger partial charge in [0.15, 0.2) is 0 Å². The summed E-state index contributed by atoms with van der Waals surface area (Å²) in [7, 11) is 0. The Labute approximate surface area is 90.8 Å². The van der Waals surface area contributed by atoms with Gasteiger partial charge in [-0.15, -0.1) is 0 Å². The number of aliphatic hydroxyl groups excluding tert-OH is 1. The predicted molar refractivity (Wildman–Crippen MR) is 64.3 cm³/mol. The largest absolute Gasteiger partial charge is 0.393 e. The van der Waals surface area contributed by atoms with Crippen molar-refractivity contribution in [1.82, 2.24) is 0 Å². The standard InChI is InChI=1S/C13H17NO/c1-2-13(15)5-3-4-11-6-8-12(10-14)9-7-11/h3-4,6-10,13-15H,2,5H2,1H3/b4-3+,14-10?. The van der Waals surface area contributed by atoms with Crippen LogP contribution in [0.3, 0.4) is 0 Å². The summed E-state index contributed by atoms with van der Waals surface area (Å²) < 4.78 is 0. The summed E-state index contributed by atoms with van der Waals surface area (Å²) in [5, 5.41) is 16.4. The summed E-state index contributed by atoms with van der Waals surface area (Å²) in [5.74, 6) is 0. The molecule has 0 aliphatic rings. The van der Waals surface area contributed by atoms with Crippen molar-refractivity contribution in [3.63, 3.8) is 0 Å². The van der Waals surface area contributed by atoms with Crippen molar-refractivity contribution in [3.05, 3.63) is 41.5 Å². The van der Waals surface area contributed by atoms with Crippen molar-refractivity contribution in [2.45, 2.75) is 25.9 Å². The molecule has 0 heterocycles. The lowest BCUT2D eigenvalue weighted by atomic mass is 10.1. The second kappa shape index (κ2) is 6.14. The van der Waals surface area contributed by atoms with Crippen LogP contribution in [-0.4, -0.2) is 17.4 Å². The van der Waals surface area contributed by atoms with E-state index in [1.807, 2.05) is 43.3 Å². The van der Waals surface area contributed by atoms with Gasteiger partial charge in [0.25, 0.3) is 0 Å². The van der Waals surface area contributed by atoms with Gasteiger partial charge in [-0.3, -0.25) is 0 Å². The van der Waals surface area contributed by atoms with Crippen LogP contribution in [0.1, 0.15) is 30.9 Å². The van der Waals surface area contributed by atoms with Gasteiger partial charge in [0.05, 0.1) is 6.10 Å². The van der Waals surface area contributed by atoms with Gasteiger partial charge in [-0.25, -0.2) is 0 Å². The van der Waals surface area contributed by atoms with Crippen LogP contribution in [0, 0.1) is 5.41 Å². The third kappa shape index (κ3) is 4.09. The van der Waals surface area contributed by atoms with Crippen molar-refractivity contribution < 1.29 is 5.11 Å². The predicted octanol–water partition coefficient (Wildman–Crippen LogP) is 2.86. The molecule has 0 saturated carbocycles. The van der Waals surface area contributed by atoms with Crippen molar-refractivity contribution in [3.8, 4) is 0 Å². The highest BCUT2D eigenvalue weighted by Crippen LogP contribution is 2.06. The lowest BCUT2D eigenvalue weighted by Crippen LogP contribution is -2.00. The topological polar surface area (TPSA) is 44.1 Å². The lowest BCUT2D eigenvalue weighted by Gasteiger charge is -2.01. The average molecular weight is 203 g/mol. The SMILES string of the molecule is CCC(O)C/C=C/c1ccc(C=N)cc1. The summed E-state index contributed by atoms with van der Waals surface area (Å²) in [6.45, 7) is 1.97. The fourth-order valence-corrected chi connectivity index (χ4v) is 1.23. The second-order valence-electron chi connectivity index (χ2n) is 3.51. The monoisotopic (exact) mass is 203 g/mol. The molecular formula is C13H17NO. The van der Waals surface area contributed by atoms with E-state index in [0.717, 1.165) is 17.5 Å². The molecule has 1 rings (SSSR count). The molecule has 1 aromatic carbocycles. The molecule has 2 nitrogen and oxygen atoms in total. The van der Waals surface area contributed by atoms with Crippen LogP contribution in [0.5, 0.6) is 0 Å². The van der Waals surface area contributed by atoms with Gasteiger partial charge in [-0.1, -0.05) is 43.3 Å². The highest BCUT2D eigenvalue weighted by molar-refractivity contribution is 5.77. The van der Waals surface area contributed by atoms with Gasteiger partial charge in [-0.2, -0.15) is 0 Å². The first kappa shape index (κ1) is 11.7. The minimum Gasteiger partial charge on any atom is -0.393 e. The van der Waals surface area contributed by atoms with E-state index >= 15 is 0 Å². The zero-order chi connectivity index (χ0) is 11.1. The highest BCUT2D eigenvalue weighted by Gasteiger charge is 1.95. The van der Waals surface area contributed by atoms with Crippen LogP contribution < -0.4 is 0 Å². The third-order valence-electron chi connectivity index (χ3n) is 2.29. The molecule has 0 aliphatic carbocycles. The zero-order valence-corrected chi connectivity index (χ0v) is 8.98. The molecule has 15 heavy (non-hydrogen) atoms. The maximum atomic E-state index is 9.34. The van der Waals surface area contributed by atoms with E-state index < -0.39 is 0 Å². The molecule has 2 heteroatoms. The molecule has 0 spiro atoms. The lowest BCUT2D eigenvalue weighted by molar-refractivity contribution is 0.174. The van der Waals surface area contributed by atoms with E-state index in [1.165, 1.54) is 6.21 Å². The Morgan fingerprint density at radius 3 is 2.40 bits per heavy atom. The minimum atomic E-state index is -0.234. The fraction of sp³-hybridized carbons (Fsp3) is 0.308. The molecule has 1 atom stereocenters. The van der Waals surface area contributed by atoms with E-state index in [-0.39, 0.29) is 6.10 Å². The van der Waals surface area contributed by atoms with Gasteiger partial charge in [0.1, 0.15) is 0 Å². The summed E-state index contributed by atoms with van der Waals surface area (Å²) >= 11 is 0.